The fourth-order valence-corrected chi connectivity index (χ4v) is 2.75. The number of methoxy groups -OCH3 is 1. The fraction of sp³-hybridized carbons (Fsp3) is 0.778. The maximum Gasteiger partial charge on any atom is 0.421 e. The minimum absolute atomic E-state index is 0.234. The van der Waals surface area contributed by atoms with Crippen molar-refractivity contribution in [1.82, 2.24) is 14.3 Å². The predicted molar refractivity (Wildman–Crippen MR) is 62.7 cm³/mol. The molecule has 1 fully saturated rings. The van der Waals surface area contributed by atoms with Crippen LogP contribution >= 0.6 is 0 Å². The zero-order chi connectivity index (χ0) is 13.6. The number of nitrogens with one attached hydrogen (secondary N) is 2. The van der Waals surface area contributed by atoms with Gasteiger partial charge in [-0.1, -0.05) is 0 Å². The number of amides is 1. The number of piperidine rings is 1. The van der Waals surface area contributed by atoms with E-state index in [4.69, 9.17) is 5.26 Å². The molecule has 0 saturated carbocycles. The lowest BCUT2D eigenvalue weighted by Crippen LogP contribution is -2.49. The van der Waals surface area contributed by atoms with Crippen LogP contribution in [0, 0.1) is 11.3 Å². The summed E-state index contributed by atoms with van der Waals surface area (Å²) in [6.45, 7) is 1.65. The van der Waals surface area contributed by atoms with Crippen LogP contribution in [0.15, 0.2) is 0 Å². The lowest BCUT2D eigenvalue weighted by atomic mass is 10.1. The van der Waals surface area contributed by atoms with Gasteiger partial charge in [0, 0.05) is 19.1 Å². The van der Waals surface area contributed by atoms with Crippen LogP contribution in [0.3, 0.4) is 0 Å². The zero-order valence-electron chi connectivity index (χ0n) is 10.0. The molecule has 0 aliphatic carbocycles. The Bertz CT molecular complexity index is 422. The smallest absolute Gasteiger partial charge is 0.421 e. The van der Waals surface area contributed by atoms with Crippen LogP contribution in [0.25, 0.3) is 0 Å². The van der Waals surface area contributed by atoms with E-state index < -0.39 is 16.3 Å². The van der Waals surface area contributed by atoms with Crippen LogP contribution in [0.1, 0.15) is 12.8 Å². The van der Waals surface area contributed by atoms with Crippen LogP contribution < -0.4 is 9.44 Å². The molecule has 1 rings (SSSR count). The largest absolute Gasteiger partial charge is 0.452 e. The number of hydrogen-bond acceptors (Lipinski definition) is 6. The molecule has 1 heterocycles. The number of hydrogen-bond donors (Lipinski definition) is 2. The van der Waals surface area contributed by atoms with Crippen molar-refractivity contribution in [3.05, 3.63) is 0 Å². The lowest BCUT2D eigenvalue weighted by molar-refractivity contribution is 0.177. The second kappa shape index (κ2) is 6.53. The number of carbonyl (C=O) groups is 1. The Morgan fingerprint density at radius 3 is 2.61 bits per heavy atom. The summed E-state index contributed by atoms with van der Waals surface area (Å²) < 4.78 is 31.3. The van der Waals surface area contributed by atoms with E-state index in [1.54, 1.807) is 4.72 Å². The van der Waals surface area contributed by atoms with Crippen LogP contribution in [0.2, 0.25) is 0 Å². The molecule has 1 amide bonds. The highest BCUT2D eigenvalue weighted by Crippen LogP contribution is 2.10. The topological polar surface area (TPSA) is 112 Å². The van der Waals surface area contributed by atoms with E-state index in [0.717, 1.165) is 7.11 Å². The highest BCUT2D eigenvalue weighted by Gasteiger charge is 2.24. The maximum absolute atomic E-state index is 11.5. The van der Waals surface area contributed by atoms with Gasteiger partial charge in [-0.05, 0) is 12.8 Å². The van der Waals surface area contributed by atoms with E-state index in [0.29, 0.717) is 32.5 Å². The Balaban J connectivity index is 2.41. The third-order valence-electron chi connectivity index (χ3n) is 2.61. The summed E-state index contributed by atoms with van der Waals surface area (Å²) >= 11 is 0. The molecule has 102 valence electrons. The van der Waals surface area contributed by atoms with Crippen molar-refractivity contribution in [2.24, 2.45) is 0 Å². The van der Waals surface area contributed by atoms with Gasteiger partial charge in [-0.3, -0.25) is 4.90 Å². The molecule has 0 aromatic carbocycles. The summed E-state index contributed by atoms with van der Waals surface area (Å²) in [6.07, 6.45) is 0.178. The van der Waals surface area contributed by atoms with E-state index in [-0.39, 0.29) is 6.04 Å². The van der Waals surface area contributed by atoms with Crippen molar-refractivity contribution in [3.8, 4) is 6.07 Å². The molecule has 0 radical (unpaired) electrons. The van der Waals surface area contributed by atoms with Crippen molar-refractivity contribution in [2.45, 2.75) is 18.9 Å². The van der Waals surface area contributed by atoms with Gasteiger partial charge in [0.1, 0.15) is 0 Å². The fourth-order valence-electron chi connectivity index (χ4n) is 1.71. The number of likely N-dealkylation sites (tertiary alicyclic amines) is 1. The van der Waals surface area contributed by atoms with Crippen molar-refractivity contribution < 1.29 is 17.9 Å². The minimum Gasteiger partial charge on any atom is -0.452 e. The van der Waals surface area contributed by atoms with Crippen LogP contribution in [-0.4, -0.2) is 52.2 Å². The van der Waals surface area contributed by atoms with Crippen molar-refractivity contribution >= 4 is 16.3 Å². The molecular weight excluding hydrogens is 260 g/mol. The minimum atomic E-state index is -3.88. The molecule has 0 atom stereocenters. The van der Waals surface area contributed by atoms with E-state index >= 15 is 0 Å². The first-order valence-electron chi connectivity index (χ1n) is 5.44. The molecule has 18 heavy (non-hydrogen) atoms. The number of ether oxygens (including phenoxy) is 1. The van der Waals surface area contributed by atoms with Gasteiger partial charge in [0.25, 0.3) is 0 Å². The number of nitrogens with zero attached hydrogens (tertiary/aromatic N) is 2. The molecular formula is C9H16N4O4S. The Labute approximate surface area is 106 Å². The predicted octanol–water partition coefficient (Wildman–Crippen LogP) is -0.835. The standard InChI is InChI=1S/C9H16N4O4S/c1-17-9(14)12-18(15,16)11-8-2-5-13(6-3-8)7-4-10/h8,11H,2-3,5-7H2,1H3,(H,12,14). The third-order valence-corrected chi connectivity index (χ3v) is 3.69. The Morgan fingerprint density at radius 1 is 1.50 bits per heavy atom. The van der Waals surface area contributed by atoms with E-state index in [2.05, 4.69) is 9.46 Å². The van der Waals surface area contributed by atoms with Crippen LogP contribution in [0.4, 0.5) is 4.79 Å². The number of rotatable bonds is 4. The quantitative estimate of drug-likeness (QED) is 0.648. The van der Waals surface area contributed by atoms with Crippen LogP contribution in [-0.2, 0) is 14.9 Å². The first-order valence-corrected chi connectivity index (χ1v) is 6.92. The van der Waals surface area contributed by atoms with E-state index in [9.17, 15) is 13.2 Å². The molecule has 0 spiro atoms. The summed E-state index contributed by atoms with van der Waals surface area (Å²) in [7, 11) is -2.79. The van der Waals surface area contributed by atoms with Crippen molar-refractivity contribution in [3.63, 3.8) is 0 Å². The molecule has 1 aliphatic heterocycles. The number of carbonyl (C=O) groups excluding carboxylic acids is 1. The number of nitriles is 1. The van der Waals surface area contributed by atoms with E-state index in [1.165, 1.54) is 0 Å². The Morgan fingerprint density at radius 2 is 2.11 bits per heavy atom. The summed E-state index contributed by atoms with van der Waals surface area (Å²) in [4.78, 5) is 12.8. The average Bonchev–Trinajstić information content (AvgIpc) is 2.31. The molecule has 2 N–H and O–H groups in total. The van der Waals surface area contributed by atoms with Gasteiger partial charge >= 0.3 is 16.3 Å². The summed E-state index contributed by atoms with van der Waals surface area (Å²) in [5.74, 6) is 0. The van der Waals surface area contributed by atoms with Gasteiger partial charge in [-0.2, -0.15) is 18.4 Å². The third kappa shape index (κ3) is 4.87. The zero-order valence-corrected chi connectivity index (χ0v) is 10.9. The first kappa shape index (κ1) is 14.7. The molecule has 1 saturated heterocycles. The molecule has 0 unspecified atom stereocenters. The second-order valence-corrected chi connectivity index (χ2v) is 5.37. The van der Waals surface area contributed by atoms with Gasteiger partial charge in [-0.15, -0.1) is 0 Å². The molecule has 8 nitrogen and oxygen atoms in total. The SMILES string of the molecule is COC(=O)NS(=O)(=O)NC1CCN(CC#N)CC1. The highest BCUT2D eigenvalue weighted by molar-refractivity contribution is 7.88. The lowest BCUT2D eigenvalue weighted by Gasteiger charge is -2.30. The first-order chi connectivity index (χ1) is 8.46. The normalized spacial score (nSPS) is 18.0. The maximum atomic E-state index is 11.5. The van der Waals surface area contributed by atoms with Gasteiger partial charge in [0.15, 0.2) is 0 Å². The van der Waals surface area contributed by atoms with Gasteiger partial charge in [-0.25, -0.2) is 9.52 Å². The summed E-state index contributed by atoms with van der Waals surface area (Å²) in [5.41, 5.74) is 0. The highest BCUT2D eigenvalue weighted by atomic mass is 32.2. The van der Waals surface area contributed by atoms with Crippen molar-refractivity contribution in [1.29, 1.82) is 5.26 Å². The van der Waals surface area contributed by atoms with E-state index in [1.807, 2.05) is 11.0 Å². The van der Waals surface area contributed by atoms with Gasteiger partial charge in [0.05, 0.1) is 19.7 Å². The molecule has 0 aromatic rings. The molecule has 1 aliphatic rings. The Kier molecular flexibility index (Phi) is 5.33. The molecule has 0 bridgehead atoms. The molecule has 9 heteroatoms. The average molecular weight is 276 g/mol. The summed E-state index contributed by atoms with van der Waals surface area (Å²) in [5, 5.41) is 8.53. The summed E-state index contributed by atoms with van der Waals surface area (Å²) in [6, 6.07) is 1.81. The Hall–Kier alpha value is -1.37. The molecule has 0 aromatic heterocycles. The van der Waals surface area contributed by atoms with Gasteiger partial charge in [0.2, 0.25) is 0 Å². The van der Waals surface area contributed by atoms with Gasteiger partial charge < -0.3 is 4.74 Å². The second-order valence-electron chi connectivity index (χ2n) is 3.92. The monoisotopic (exact) mass is 276 g/mol. The van der Waals surface area contributed by atoms with Crippen molar-refractivity contribution in [2.75, 3.05) is 26.7 Å². The van der Waals surface area contributed by atoms with Crippen LogP contribution in [0.5, 0.6) is 0 Å².